The van der Waals surface area contributed by atoms with E-state index in [1.165, 1.54) is 0 Å². The van der Waals surface area contributed by atoms with Gasteiger partial charge in [0.25, 0.3) is 0 Å². The Morgan fingerprint density at radius 2 is 1.19 bits per heavy atom. The minimum absolute atomic E-state index is 0.238. The minimum Gasteiger partial charge on any atom is -0.396 e. The molecule has 1 heterocycles. The van der Waals surface area contributed by atoms with Crippen molar-refractivity contribution in [3.63, 3.8) is 0 Å². The Morgan fingerprint density at radius 3 is 1.75 bits per heavy atom. The van der Waals surface area contributed by atoms with Gasteiger partial charge in [0.2, 0.25) is 0 Å². The van der Waals surface area contributed by atoms with Crippen LogP contribution in [0.4, 0.5) is 34.3 Å². The Balaban J connectivity index is 3.15. The van der Waals surface area contributed by atoms with Crippen LogP contribution in [0.25, 0.3) is 10.9 Å². The number of hydrogen-bond acceptors (Lipinski definition) is 6. The third kappa shape index (κ3) is 0.914. The summed E-state index contributed by atoms with van der Waals surface area (Å²) < 4.78 is 1.64. The van der Waals surface area contributed by atoms with Crippen LogP contribution in [0.3, 0.4) is 0 Å². The smallest absolute Gasteiger partial charge is 0.127 e. The molecule has 0 unspecified atom stereocenters. The van der Waals surface area contributed by atoms with Gasteiger partial charge in [-0.2, -0.15) is 0 Å². The molecule has 0 bridgehead atoms. The number of benzene rings is 1. The van der Waals surface area contributed by atoms with Crippen molar-refractivity contribution in [3.05, 3.63) is 0 Å². The maximum Gasteiger partial charge on any atom is 0.127 e. The molecule has 0 amide bonds. The van der Waals surface area contributed by atoms with Crippen molar-refractivity contribution in [3.8, 4) is 0 Å². The number of hydrogen-bond donors (Lipinski definition) is 6. The second-order valence-electron chi connectivity index (χ2n) is 3.74. The van der Waals surface area contributed by atoms with Crippen molar-refractivity contribution in [2.24, 2.45) is 7.05 Å². The highest BCUT2D eigenvalue weighted by Gasteiger charge is 2.20. The van der Waals surface area contributed by atoms with E-state index in [0.29, 0.717) is 33.8 Å². The van der Waals surface area contributed by atoms with Gasteiger partial charge in [-0.1, -0.05) is 0 Å². The molecule has 0 saturated heterocycles. The lowest BCUT2D eigenvalue weighted by Crippen LogP contribution is -2.06. The molecule has 16 heavy (non-hydrogen) atoms. The van der Waals surface area contributed by atoms with Crippen molar-refractivity contribution in [1.29, 1.82) is 0 Å². The number of aromatic nitrogens is 1. The van der Waals surface area contributed by atoms with E-state index in [-0.39, 0.29) is 11.4 Å². The summed E-state index contributed by atoms with van der Waals surface area (Å²) in [5, 5.41) is 0.559. The fourth-order valence-corrected chi connectivity index (χ4v) is 1.86. The van der Waals surface area contributed by atoms with E-state index in [0.717, 1.165) is 0 Å². The summed E-state index contributed by atoms with van der Waals surface area (Å²) in [6.45, 7) is 0. The van der Waals surface area contributed by atoms with Crippen LogP contribution in [0.5, 0.6) is 0 Å². The number of anilines is 6. The van der Waals surface area contributed by atoms with Crippen LogP contribution >= 0.6 is 0 Å². The first kappa shape index (κ1) is 10.1. The molecule has 0 fully saturated rings. The van der Waals surface area contributed by atoms with E-state index in [2.05, 4.69) is 0 Å². The van der Waals surface area contributed by atoms with Crippen LogP contribution in [0.1, 0.15) is 0 Å². The molecule has 0 saturated carbocycles. The summed E-state index contributed by atoms with van der Waals surface area (Å²) in [5.74, 6) is 0.387. The summed E-state index contributed by atoms with van der Waals surface area (Å²) >= 11 is 0. The molecule has 7 heteroatoms. The van der Waals surface area contributed by atoms with E-state index >= 15 is 0 Å². The molecule has 0 aliphatic carbocycles. The summed E-state index contributed by atoms with van der Waals surface area (Å²) in [6.07, 6.45) is 0. The zero-order valence-electron chi connectivity index (χ0n) is 8.91. The van der Waals surface area contributed by atoms with Crippen molar-refractivity contribution in [1.82, 2.24) is 4.57 Å². The second-order valence-corrected chi connectivity index (χ2v) is 3.74. The van der Waals surface area contributed by atoms with E-state index in [9.17, 15) is 0 Å². The number of nitrogen functional groups attached to an aromatic ring is 6. The van der Waals surface area contributed by atoms with Gasteiger partial charge in [-0.05, 0) is 0 Å². The molecule has 2 rings (SSSR count). The summed E-state index contributed by atoms with van der Waals surface area (Å²) in [5.41, 5.74) is 37.0. The largest absolute Gasteiger partial charge is 0.396 e. The van der Waals surface area contributed by atoms with Crippen LogP contribution in [0, 0.1) is 0 Å². The lowest BCUT2D eigenvalue weighted by molar-refractivity contribution is 0.985. The first-order chi connectivity index (χ1) is 7.37. The van der Waals surface area contributed by atoms with Crippen LogP contribution in [0.15, 0.2) is 0 Å². The normalized spacial score (nSPS) is 11.1. The van der Waals surface area contributed by atoms with E-state index in [1.54, 1.807) is 11.6 Å². The van der Waals surface area contributed by atoms with Crippen LogP contribution in [-0.2, 0) is 7.05 Å². The zero-order chi connectivity index (χ0) is 12.2. The lowest BCUT2D eigenvalue weighted by Gasteiger charge is -2.11. The molecular weight excluding hydrogens is 206 g/mol. The molecule has 0 spiro atoms. The predicted molar refractivity (Wildman–Crippen MR) is 69.4 cm³/mol. The van der Waals surface area contributed by atoms with Crippen molar-refractivity contribution >= 4 is 45.2 Å². The molecule has 86 valence electrons. The second kappa shape index (κ2) is 2.78. The van der Waals surface area contributed by atoms with Crippen molar-refractivity contribution in [2.45, 2.75) is 0 Å². The fourth-order valence-electron chi connectivity index (χ4n) is 1.86. The predicted octanol–water partition coefficient (Wildman–Crippen LogP) is -0.328. The Bertz CT molecular complexity index is 545. The molecule has 7 nitrogen and oxygen atoms in total. The Kier molecular flexibility index (Phi) is 1.75. The topological polar surface area (TPSA) is 161 Å². The summed E-state index contributed by atoms with van der Waals surface area (Å²) in [6, 6.07) is 0. The first-order valence-electron chi connectivity index (χ1n) is 4.63. The van der Waals surface area contributed by atoms with Gasteiger partial charge in [0.15, 0.2) is 0 Å². The third-order valence-electron chi connectivity index (χ3n) is 2.87. The van der Waals surface area contributed by atoms with Gasteiger partial charge in [-0.25, -0.2) is 0 Å². The molecule has 0 atom stereocenters. The monoisotopic (exact) mass is 221 g/mol. The van der Waals surface area contributed by atoms with Crippen LogP contribution < -0.4 is 34.4 Å². The SMILES string of the molecule is Cn1c(N)c(N)c2c(N)c(N)c(N)c(N)c21. The minimum atomic E-state index is 0.238. The van der Waals surface area contributed by atoms with E-state index in [4.69, 9.17) is 34.4 Å². The van der Waals surface area contributed by atoms with Gasteiger partial charge in [-0.15, -0.1) is 0 Å². The van der Waals surface area contributed by atoms with Crippen molar-refractivity contribution in [2.75, 3.05) is 34.4 Å². The van der Waals surface area contributed by atoms with Gasteiger partial charge in [-0.3, -0.25) is 0 Å². The molecule has 0 radical (unpaired) electrons. The number of nitrogens with two attached hydrogens (primary N) is 6. The molecule has 1 aromatic carbocycles. The summed E-state index contributed by atoms with van der Waals surface area (Å²) in [4.78, 5) is 0. The average Bonchev–Trinajstić information content (AvgIpc) is 2.48. The number of aryl methyl sites for hydroxylation is 1. The lowest BCUT2D eigenvalue weighted by atomic mass is 10.1. The number of rotatable bonds is 0. The average molecular weight is 221 g/mol. The molecule has 2 aromatic rings. The molecule has 1 aromatic heterocycles. The van der Waals surface area contributed by atoms with E-state index < -0.39 is 0 Å². The zero-order valence-corrected chi connectivity index (χ0v) is 8.91. The van der Waals surface area contributed by atoms with Gasteiger partial charge < -0.3 is 39.0 Å². The van der Waals surface area contributed by atoms with Crippen LogP contribution in [0.2, 0.25) is 0 Å². The third-order valence-corrected chi connectivity index (χ3v) is 2.87. The highest BCUT2D eigenvalue weighted by Crippen LogP contribution is 2.44. The standard InChI is InChI=1S/C9H15N7/c1-16-8-2(4(11)9(16)15)3(10)5(12)6(13)7(8)14/h10-15H2,1H3. The van der Waals surface area contributed by atoms with Gasteiger partial charge >= 0.3 is 0 Å². The maximum absolute atomic E-state index is 5.88. The Morgan fingerprint density at radius 1 is 0.688 bits per heavy atom. The van der Waals surface area contributed by atoms with Crippen molar-refractivity contribution < 1.29 is 0 Å². The fraction of sp³-hybridized carbons (Fsp3) is 0.111. The maximum atomic E-state index is 5.88. The quantitative estimate of drug-likeness (QED) is 0.334. The first-order valence-corrected chi connectivity index (χ1v) is 4.63. The molecule has 0 aliphatic heterocycles. The number of nitrogens with zero attached hydrogens (tertiary/aromatic N) is 1. The number of fused-ring (bicyclic) bond motifs is 1. The highest BCUT2D eigenvalue weighted by atomic mass is 15.1. The Labute approximate surface area is 91.9 Å². The Hall–Kier alpha value is -2.44. The van der Waals surface area contributed by atoms with Gasteiger partial charge in [0.1, 0.15) is 5.82 Å². The molecular formula is C9H15N7. The van der Waals surface area contributed by atoms with E-state index in [1.807, 2.05) is 0 Å². The molecule has 0 aliphatic rings. The molecule has 12 N–H and O–H groups in total. The summed E-state index contributed by atoms with van der Waals surface area (Å²) in [7, 11) is 1.74. The van der Waals surface area contributed by atoms with Gasteiger partial charge in [0.05, 0.1) is 39.3 Å². The van der Waals surface area contributed by atoms with Gasteiger partial charge in [0, 0.05) is 7.05 Å². The van der Waals surface area contributed by atoms with Crippen LogP contribution in [-0.4, -0.2) is 4.57 Å². The highest BCUT2D eigenvalue weighted by molar-refractivity contribution is 6.17.